The number of carbonyl (C=O) groups excluding carboxylic acids is 4. The number of nitrogens with one attached hydrogen (secondary N) is 3. The highest BCUT2D eigenvalue weighted by Gasteiger charge is 2.44. The number of aromatic amines is 1. The van der Waals surface area contributed by atoms with E-state index in [1.807, 2.05) is 50.6 Å². The Morgan fingerprint density at radius 3 is 2.21 bits per heavy atom. The van der Waals surface area contributed by atoms with Gasteiger partial charge in [0.1, 0.15) is 30.3 Å². The number of aliphatic imine (C=N–C) groups is 1. The Morgan fingerprint density at radius 2 is 1.52 bits per heavy atom. The summed E-state index contributed by atoms with van der Waals surface area (Å²) in [6.07, 6.45) is 5.21. The zero-order valence-corrected chi connectivity index (χ0v) is 36.3. The Bertz CT molecular complexity index is 2410. The van der Waals surface area contributed by atoms with Crippen LogP contribution in [-0.2, 0) is 32.1 Å². The zero-order valence-electron chi connectivity index (χ0n) is 36.3. The molecule has 4 aliphatic rings. The van der Waals surface area contributed by atoms with E-state index in [2.05, 4.69) is 65.0 Å². The molecule has 0 bridgehead atoms. The predicted molar refractivity (Wildman–Crippen MR) is 233 cm³/mol. The number of methoxy groups -OCH3 is 2. The third-order valence-electron chi connectivity index (χ3n) is 13.4. The minimum absolute atomic E-state index is 0.0119. The first kappa shape index (κ1) is 41.8. The van der Waals surface area contributed by atoms with Gasteiger partial charge in [0.2, 0.25) is 11.8 Å². The molecule has 3 N–H and O–H groups in total. The molecule has 61 heavy (non-hydrogen) atoms. The van der Waals surface area contributed by atoms with Crippen molar-refractivity contribution in [1.82, 2.24) is 30.4 Å². The molecule has 0 radical (unpaired) electrons. The number of amides is 4. The molecule has 2 saturated heterocycles. The molecule has 0 unspecified atom stereocenters. The number of fused-ring (bicyclic) bond motifs is 6. The van der Waals surface area contributed by atoms with Crippen LogP contribution in [0, 0.1) is 11.8 Å². The third-order valence-corrected chi connectivity index (χ3v) is 13.4. The molecular formula is C47H57N7O7. The summed E-state index contributed by atoms with van der Waals surface area (Å²) >= 11 is 0. The van der Waals surface area contributed by atoms with Crippen LogP contribution in [0.25, 0.3) is 33.2 Å². The molecule has 0 saturated carbocycles. The number of likely N-dealkylation sites (tertiary alicyclic amines) is 2. The fourth-order valence-electron chi connectivity index (χ4n) is 9.74. The van der Waals surface area contributed by atoms with Gasteiger partial charge in [0.25, 0.3) is 0 Å². The van der Waals surface area contributed by atoms with Gasteiger partial charge in [0, 0.05) is 29.8 Å². The lowest BCUT2D eigenvalue weighted by Crippen LogP contribution is -2.55. The number of hydrogen-bond acceptors (Lipinski definition) is 9. The first-order valence-electron chi connectivity index (χ1n) is 21.6. The number of benzene rings is 3. The van der Waals surface area contributed by atoms with E-state index in [1.54, 1.807) is 0 Å². The van der Waals surface area contributed by atoms with Crippen LogP contribution in [-0.4, -0.2) is 93.9 Å². The number of aromatic nitrogens is 2. The second kappa shape index (κ2) is 16.9. The number of carbonyl (C=O) groups is 4. The number of nitrogens with zero attached hydrogens (tertiary/aromatic N) is 4. The minimum Gasteiger partial charge on any atom is -0.488 e. The number of ether oxygens (including phenoxy) is 3. The Balaban J connectivity index is 1.01. The maximum Gasteiger partial charge on any atom is 0.407 e. The second-order valence-electron chi connectivity index (χ2n) is 17.5. The Kier molecular flexibility index (Phi) is 11.5. The van der Waals surface area contributed by atoms with Gasteiger partial charge in [-0.2, -0.15) is 0 Å². The lowest BCUT2D eigenvalue weighted by Gasteiger charge is -2.34. The van der Waals surface area contributed by atoms with Crippen molar-refractivity contribution in [3.05, 3.63) is 65.6 Å². The van der Waals surface area contributed by atoms with Gasteiger partial charge in [-0.15, -0.1) is 0 Å². The topological polar surface area (TPSA) is 168 Å². The summed E-state index contributed by atoms with van der Waals surface area (Å²) in [5.41, 5.74) is 8.02. The molecule has 14 heteroatoms. The molecule has 0 spiro atoms. The predicted octanol–water partition coefficient (Wildman–Crippen LogP) is 8.00. The van der Waals surface area contributed by atoms with Gasteiger partial charge in [-0.1, -0.05) is 52.3 Å². The summed E-state index contributed by atoms with van der Waals surface area (Å²) in [6.45, 7) is 12.3. The van der Waals surface area contributed by atoms with E-state index in [0.717, 1.165) is 93.5 Å². The molecule has 7 atom stereocenters. The van der Waals surface area contributed by atoms with Crippen molar-refractivity contribution >= 4 is 46.2 Å². The number of imidazole rings is 1. The summed E-state index contributed by atoms with van der Waals surface area (Å²) in [6, 6.07) is 13.1. The number of alkyl carbamates (subject to hydrolysis) is 2. The number of H-pyrrole nitrogens is 1. The number of rotatable bonds is 10. The normalized spacial score (nSPS) is 21.8. The van der Waals surface area contributed by atoms with Crippen molar-refractivity contribution in [2.24, 2.45) is 16.8 Å². The van der Waals surface area contributed by atoms with Crippen LogP contribution >= 0.6 is 0 Å². The molecule has 4 amide bonds. The fraction of sp³-hybridized carbons (Fsp3) is 0.489. The zero-order chi connectivity index (χ0) is 43.3. The molecule has 4 aliphatic heterocycles. The van der Waals surface area contributed by atoms with Gasteiger partial charge in [-0.05, 0) is 109 Å². The highest BCUT2D eigenvalue weighted by atomic mass is 16.5. The van der Waals surface area contributed by atoms with Crippen LogP contribution in [0.4, 0.5) is 15.3 Å². The van der Waals surface area contributed by atoms with Gasteiger partial charge in [0.15, 0.2) is 0 Å². The first-order chi connectivity index (χ1) is 29.3. The van der Waals surface area contributed by atoms with Crippen LogP contribution in [0.1, 0.15) is 96.6 Å². The SMILES string of the molecule is CC[C@H](C)[C@H](NC(=O)OC)C(=O)N1[C@@H](C)CC[C@H]1C1=Nc2ccc3cc4c(cc3c2C1)OCc1cc(-c2cnc([C@@H]3CC[C@H](C)N3C(=O)[C@@H](NC(=O)OC)C(C)C)[nH]2)ccc1-4. The molecule has 2 fully saturated rings. The largest absolute Gasteiger partial charge is 0.488 e. The molecular weight excluding hydrogens is 775 g/mol. The summed E-state index contributed by atoms with van der Waals surface area (Å²) in [5, 5.41) is 7.71. The van der Waals surface area contributed by atoms with Crippen molar-refractivity contribution in [1.29, 1.82) is 0 Å². The monoisotopic (exact) mass is 831 g/mol. The average Bonchev–Trinajstić information content (AvgIpc) is 4.08. The smallest absolute Gasteiger partial charge is 0.407 e. The van der Waals surface area contributed by atoms with Crippen LogP contribution in [0.15, 0.2) is 53.7 Å². The second-order valence-corrected chi connectivity index (χ2v) is 17.5. The van der Waals surface area contributed by atoms with E-state index in [1.165, 1.54) is 14.2 Å². The Morgan fingerprint density at radius 1 is 0.852 bits per heavy atom. The van der Waals surface area contributed by atoms with E-state index in [9.17, 15) is 19.2 Å². The molecule has 14 nitrogen and oxygen atoms in total. The maximum atomic E-state index is 14.1. The van der Waals surface area contributed by atoms with Gasteiger partial charge >= 0.3 is 12.2 Å². The molecule has 3 aromatic carbocycles. The van der Waals surface area contributed by atoms with Gasteiger partial charge in [-0.25, -0.2) is 14.6 Å². The quantitative estimate of drug-likeness (QED) is 0.145. The van der Waals surface area contributed by atoms with Crippen LogP contribution in [0.2, 0.25) is 0 Å². The van der Waals surface area contributed by atoms with Gasteiger partial charge in [-0.3, -0.25) is 14.6 Å². The van der Waals surface area contributed by atoms with Crippen molar-refractivity contribution in [2.75, 3.05) is 14.2 Å². The first-order valence-corrected chi connectivity index (χ1v) is 21.6. The van der Waals surface area contributed by atoms with E-state index in [-0.39, 0.29) is 47.8 Å². The van der Waals surface area contributed by atoms with Crippen LogP contribution in [0.3, 0.4) is 0 Å². The molecule has 0 aliphatic carbocycles. The van der Waals surface area contributed by atoms with Crippen molar-refractivity contribution in [3.8, 4) is 28.1 Å². The average molecular weight is 832 g/mol. The summed E-state index contributed by atoms with van der Waals surface area (Å²) in [4.78, 5) is 69.6. The summed E-state index contributed by atoms with van der Waals surface area (Å²) in [7, 11) is 2.61. The van der Waals surface area contributed by atoms with Crippen molar-refractivity contribution < 1.29 is 33.4 Å². The molecule has 4 aromatic rings. The fourth-order valence-corrected chi connectivity index (χ4v) is 9.74. The summed E-state index contributed by atoms with van der Waals surface area (Å²) in [5.74, 6) is 1.10. The van der Waals surface area contributed by atoms with Crippen molar-refractivity contribution in [2.45, 2.75) is 123 Å². The van der Waals surface area contributed by atoms with E-state index in [0.29, 0.717) is 18.9 Å². The third kappa shape index (κ3) is 7.69. The van der Waals surface area contributed by atoms with E-state index in [4.69, 9.17) is 24.2 Å². The lowest BCUT2D eigenvalue weighted by molar-refractivity contribution is -0.137. The molecule has 8 rings (SSSR count). The van der Waals surface area contributed by atoms with Gasteiger partial charge in [0.05, 0.1) is 43.9 Å². The minimum atomic E-state index is -0.715. The van der Waals surface area contributed by atoms with E-state index < -0.39 is 24.3 Å². The highest BCUT2D eigenvalue weighted by Crippen LogP contribution is 2.45. The lowest BCUT2D eigenvalue weighted by atomic mass is 9.90. The summed E-state index contributed by atoms with van der Waals surface area (Å²) < 4.78 is 16.2. The molecule has 322 valence electrons. The Hall–Kier alpha value is -5.92. The maximum absolute atomic E-state index is 14.1. The van der Waals surface area contributed by atoms with Crippen LogP contribution in [0.5, 0.6) is 5.75 Å². The molecule has 5 heterocycles. The van der Waals surface area contributed by atoms with Crippen LogP contribution < -0.4 is 15.4 Å². The number of hydrogen-bond donors (Lipinski definition) is 3. The Labute approximate surface area is 356 Å². The van der Waals surface area contributed by atoms with Gasteiger partial charge < -0.3 is 39.6 Å². The molecule has 1 aromatic heterocycles. The van der Waals surface area contributed by atoms with Crippen molar-refractivity contribution in [3.63, 3.8) is 0 Å². The highest BCUT2D eigenvalue weighted by molar-refractivity contribution is 6.06. The standard InChI is InChI=1S/C47H57N7O7/c1-9-25(4)42(52-47(58)60-8)45(56)53-26(5)10-16-38(53)36-20-33-32-21-40-34(19-28(32)13-15-35(33)49-36)31-14-12-29(18-30(31)23-61-40)37-22-48-43(50-37)39-17-11-27(6)54(39)44(55)41(24(2)3)51-46(57)59-7/h12-15,18-19,21-22,24-27,38-39,41-42H,9-11,16-17,20,23H2,1-8H3,(H,48,50)(H,51,57)(H,52,58)/t25-,26-,27-,38-,39-,41-,42-/m0/s1. The van der Waals surface area contributed by atoms with E-state index >= 15 is 0 Å².